The third kappa shape index (κ3) is 4.22. The summed E-state index contributed by atoms with van der Waals surface area (Å²) in [6, 6.07) is 17.3. The molecule has 0 heterocycles. The lowest BCUT2D eigenvalue weighted by Gasteiger charge is -2.15. The van der Waals surface area contributed by atoms with Gasteiger partial charge in [-0.05, 0) is 47.7 Å². The van der Waals surface area contributed by atoms with Gasteiger partial charge in [0, 0.05) is 5.56 Å². The summed E-state index contributed by atoms with van der Waals surface area (Å²) >= 11 is 0. The van der Waals surface area contributed by atoms with E-state index in [4.69, 9.17) is 4.74 Å². The highest BCUT2D eigenvalue weighted by molar-refractivity contribution is 5.75. The fraction of sp³-hybridized carbons (Fsp3) is 0.250. The molecule has 3 aromatic carbocycles. The normalized spacial score (nSPS) is 11.1. The first-order chi connectivity index (χ1) is 13.5. The molecule has 0 N–H and O–H groups in total. The molecule has 1 nitrogen and oxygen atoms in total. The van der Waals surface area contributed by atoms with Crippen LogP contribution in [0.2, 0.25) is 0 Å². The van der Waals surface area contributed by atoms with Crippen LogP contribution in [0.4, 0.5) is 13.2 Å². The van der Waals surface area contributed by atoms with Gasteiger partial charge in [0.2, 0.25) is 0 Å². The van der Waals surface area contributed by atoms with E-state index in [1.54, 1.807) is 48.5 Å². The topological polar surface area (TPSA) is 9.23 Å². The van der Waals surface area contributed by atoms with Crippen molar-refractivity contribution in [2.45, 2.75) is 33.1 Å². The Morgan fingerprint density at radius 1 is 0.786 bits per heavy atom. The second kappa shape index (κ2) is 8.96. The number of rotatable bonds is 7. The molecule has 0 saturated heterocycles. The maximum atomic E-state index is 15.1. The SMILES string of the molecule is CCCc1ccc(-c2ccc(-c3ccc(OCC)cc3)c(C(F)F)c2F)cc1. The first-order valence-electron chi connectivity index (χ1n) is 9.48. The number of hydrogen-bond donors (Lipinski definition) is 0. The summed E-state index contributed by atoms with van der Waals surface area (Å²) in [6.45, 7) is 4.47. The van der Waals surface area contributed by atoms with Crippen LogP contribution in [-0.2, 0) is 6.42 Å². The molecular formula is C24H23F3O. The molecule has 3 rings (SSSR count). The lowest BCUT2D eigenvalue weighted by Crippen LogP contribution is -1.99. The molecule has 0 bridgehead atoms. The van der Waals surface area contributed by atoms with Crippen molar-refractivity contribution in [3.05, 3.63) is 77.6 Å². The van der Waals surface area contributed by atoms with Gasteiger partial charge in [-0.2, -0.15) is 0 Å². The maximum Gasteiger partial charge on any atom is 0.267 e. The van der Waals surface area contributed by atoms with E-state index in [0.29, 0.717) is 23.5 Å². The second-order valence-electron chi connectivity index (χ2n) is 6.59. The summed E-state index contributed by atoms with van der Waals surface area (Å²) in [5, 5.41) is 0. The van der Waals surface area contributed by atoms with Crippen molar-refractivity contribution in [3.63, 3.8) is 0 Å². The highest BCUT2D eigenvalue weighted by Crippen LogP contribution is 2.38. The Balaban J connectivity index is 2.03. The zero-order valence-corrected chi connectivity index (χ0v) is 16.0. The maximum absolute atomic E-state index is 15.1. The minimum atomic E-state index is -2.92. The van der Waals surface area contributed by atoms with Crippen LogP contribution in [0.3, 0.4) is 0 Å². The molecule has 0 radical (unpaired) electrons. The van der Waals surface area contributed by atoms with Gasteiger partial charge in [0.05, 0.1) is 12.2 Å². The Kier molecular flexibility index (Phi) is 6.40. The highest BCUT2D eigenvalue weighted by Gasteiger charge is 2.23. The van der Waals surface area contributed by atoms with Gasteiger partial charge in [-0.3, -0.25) is 0 Å². The van der Waals surface area contributed by atoms with Crippen molar-refractivity contribution in [1.29, 1.82) is 0 Å². The molecule has 0 amide bonds. The van der Waals surface area contributed by atoms with Crippen molar-refractivity contribution in [2.75, 3.05) is 6.61 Å². The first-order valence-corrected chi connectivity index (χ1v) is 9.48. The summed E-state index contributed by atoms with van der Waals surface area (Å²) in [6.07, 6.45) is -0.970. The fourth-order valence-corrected chi connectivity index (χ4v) is 3.32. The van der Waals surface area contributed by atoms with Gasteiger partial charge in [-0.15, -0.1) is 0 Å². The molecule has 146 valence electrons. The van der Waals surface area contributed by atoms with Crippen LogP contribution < -0.4 is 4.74 Å². The zero-order chi connectivity index (χ0) is 20.1. The van der Waals surface area contributed by atoms with Gasteiger partial charge in [0.25, 0.3) is 6.43 Å². The molecule has 4 heteroatoms. The van der Waals surface area contributed by atoms with Gasteiger partial charge in [0.15, 0.2) is 0 Å². The Hall–Kier alpha value is -2.75. The van der Waals surface area contributed by atoms with Gasteiger partial charge in [-0.25, -0.2) is 13.2 Å². The Morgan fingerprint density at radius 2 is 1.36 bits per heavy atom. The van der Waals surface area contributed by atoms with Crippen LogP contribution in [0.5, 0.6) is 5.75 Å². The molecule has 0 aliphatic rings. The standard InChI is InChI=1S/C24H23F3O/c1-3-5-16-6-8-18(9-7-16)21-15-14-20(22(23(21)25)24(26)27)17-10-12-19(13-11-17)28-4-2/h6-15,24H,3-5H2,1-2H3. The van der Waals surface area contributed by atoms with Crippen LogP contribution >= 0.6 is 0 Å². The zero-order valence-electron chi connectivity index (χ0n) is 16.0. The number of ether oxygens (including phenoxy) is 1. The summed E-state index contributed by atoms with van der Waals surface area (Å²) in [4.78, 5) is 0. The fourth-order valence-electron chi connectivity index (χ4n) is 3.32. The lowest BCUT2D eigenvalue weighted by molar-refractivity contribution is 0.147. The van der Waals surface area contributed by atoms with Crippen molar-refractivity contribution in [3.8, 4) is 28.0 Å². The van der Waals surface area contributed by atoms with E-state index < -0.39 is 17.8 Å². The molecule has 0 atom stereocenters. The molecule has 0 spiro atoms. The molecule has 0 saturated carbocycles. The van der Waals surface area contributed by atoms with Gasteiger partial charge < -0.3 is 4.74 Å². The molecule has 0 aliphatic carbocycles. The van der Waals surface area contributed by atoms with Crippen LogP contribution in [-0.4, -0.2) is 6.61 Å². The van der Waals surface area contributed by atoms with E-state index in [9.17, 15) is 8.78 Å². The number of hydrogen-bond acceptors (Lipinski definition) is 1. The molecule has 0 unspecified atom stereocenters. The van der Waals surface area contributed by atoms with E-state index >= 15 is 4.39 Å². The average Bonchev–Trinajstić information content (AvgIpc) is 2.69. The van der Waals surface area contributed by atoms with E-state index in [1.165, 1.54) is 0 Å². The number of alkyl halides is 2. The van der Waals surface area contributed by atoms with Gasteiger partial charge in [-0.1, -0.05) is 61.9 Å². The summed E-state index contributed by atoms with van der Waals surface area (Å²) < 4.78 is 48.0. The van der Waals surface area contributed by atoms with E-state index in [2.05, 4.69) is 6.92 Å². The van der Waals surface area contributed by atoms with E-state index in [1.807, 2.05) is 19.1 Å². The molecular weight excluding hydrogens is 361 g/mol. The number of aryl methyl sites for hydroxylation is 1. The minimum Gasteiger partial charge on any atom is -0.494 e. The predicted molar refractivity (Wildman–Crippen MR) is 107 cm³/mol. The lowest BCUT2D eigenvalue weighted by atomic mass is 9.93. The third-order valence-electron chi connectivity index (χ3n) is 4.68. The van der Waals surface area contributed by atoms with Crippen molar-refractivity contribution >= 4 is 0 Å². The highest BCUT2D eigenvalue weighted by atomic mass is 19.3. The third-order valence-corrected chi connectivity index (χ3v) is 4.68. The average molecular weight is 384 g/mol. The largest absolute Gasteiger partial charge is 0.494 e. The molecule has 0 aromatic heterocycles. The predicted octanol–water partition coefficient (Wildman–Crippen LogP) is 7.45. The van der Waals surface area contributed by atoms with E-state index in [0.717, 1.165) is 18.4 Å². The van der Waals surface area contributed by atoms with E-state index in [-0.39, 0.29) is 11.1 Å². The van der Waals surface area contributed by atoms with Crippen LogP contribution in [0.25, 0.3) is 22.3 Å². The minimum absolute atomic E-state index is 0.188. The van der Waals surface area contributed by atoms with Crippen molar-refractivity contribution in [1.82, 2.24) is 0 Å². The molecule has 3 aromatic rings. The second-order valence-corrected chi connectivity index (χ2v) is 6.59. The van der Waals surface area contributed by atoms with Gasteiger partial charge >= 0.3 is 0 Å². The van der Waals surface area contributed by atoms with Crippen LogP contribution in [0.15, 0.2) is 60.7 Å². The summed E-state index contributed by atoms with van der Waals surface area (Å²) in [5.74, 6) is -0.223. The first kappa shape index (κ1) is 20.0. The summed E-state index contributed by atoms with van der Waals surface area (Å²) in [7, 11) is 0. The monoisotopic (exact) mass is 384 g/mol. The van der Waals surface area contributed by atoms with Crippen molar-refractivity contribution in [2.24, 2.45) is 0 Å². The number of benzene rings is 3. The van der Waals surface area contributed by atoms with Crippen LogP contribution in [0.1, 0.15) is 37.8 Å². The number of halogens is 3. The molecule has 28 heavy (non-hydrogen) atoms. The molecule has 0 fully saturated rings. The van der Waals surface area contributed by atoms with Gasteiger partial charge in [0.1, 0.15) is 11.6 Å². The smallest absolute Gasteiger partial charge is 0.267 e. The Morgan fingerprint density at radius 3 is 1.93 bits per heavy atom. The Bertz CT molecular complexity index is 916. The molecule has 0 aliphatic heterocycles. The quantitative estimate of drug-likeness (QED) is 0.411. The summed E-state index contributed by atoms with van der Waals surface area (Å²) in [5.41, 5.74) is 2.08. The van der Waals surface area contributed by atoms with Crippen LogP contribution in [0, 0.1) is 5.82 Å². The van der Waals surface area contributed by atoms with Crippen molar-refractivity contribution < 1.29 is 17.9 Å². The Labute approximate surface area is 163 Å².